The maximum absolute atomic E-state index is 14.6. The molecule has 8 heteroatoms. The molecule has 0 aliphatic carbocycles. The van der Waals surface area contributed by atoms with Crippen LogP contribution in [0.15, 0.2) is 84.9 Å². The highest BCUT2D eigenvalue weighted by atomic mass is 31.2. The summed E-state index contributed by atoms with van der Waals surface area (Å²) < 4.78 is 16.5. The molecule has 1 aliphatic rings. The van der Waals surface area contributed by atoms with Gasteiger partial charge in [-0.1, -0.05) is 72.8 Å². The number of hydrogen-bond acceptors (Lipinski definition) is 4. The van der Waals surface area contributed by atoms with Crippen molar-refractivity contribution >= 4 is 19.2 Å². The third-order valence-electron chi connectivity index (χ3n) is 6.53. The Bertz CT molecular complexity index is 1170. The normalized spacial score (nSPS) is 16.9. The molecule has 2 atom stereocenters. The lowest BCUT2D eigenvalue weighted by molar-refractivity contribution is -0.142. The Morgan fingerprint density at radius 2 is 1.44 bits per heavy atom. The van der Waals surface area contributed by atoms with Gasteiger partial charge in [0.2, 0.25) is 5.91 Å². The van der Waals surface area contributed by atoms with Gasteiger partial charge in [0.05, 0.1) is 6.04 Å². The first-order valence-corrected chi connectivity index (χ1v) is 14.1. The molecule has 1 fully saturated rings. The van der Waals surface area contributed by atoms with Crippen molar-refractivity contribution in [3.8, 4) is 5.75 Å². The zero-order valence-corrected chi connectivity index (χ0v) is 20.9. The van der Waals surface area contributed by atoms with E-state index in [9.17, 15) is 24.4 Å². The highest BCUT2D eigenvalue weighted by molar-refractivity contribution is 7.60. The average Bonchev–Trinajstić information content (AvgIpc) is 3.37. The highest BCUT2D eigenvalue weighted by Gasteiger charge is 2.42. The molecule has 0 bridgehead atoms. The van der Waals surface area contributed by atoms with Gasteiger partial charge in [-0.25, -0.2) is 9.46 Å². The summed E-state index contributed by atoms with van der Waals surface area (Å²) in [7, 11) is -3.06. The van der Waals surface area contributed by atoms with Gasteiger partial charge in [-0.15, -0.1) is 0 Å². The Morgan fingerprint density at radius 1 is 0.889 bits per heavy atom. The van der Waals surface area contributed by atoms with Crippen LogP contribution in [0.4, 0.5) is 0 Å². The minimum atomic E-state index is -3.06. The first-order valence-electron chi connectivity index (χ1n) is 12.1. The predicted octanol–water partition coefficient (Wildman–Crippen LogP) is 4.65. The minimum absolute atomic E-state index is 0.0831. The Kier molecular flexibility index (Phi) is 8.24. The molecule has 188 valence electrons. The van der Waals surface area contributed by atoms with Crippen molar-refractivity contribution in [3.63, 3.8) is 0 Å². The van der Waals surface area contributed by atoms with E-state index in [0.717, 1.165) is 11.1 Å². The summed E-state index contributed by atoms with van der Waals surface area (Å²) >= 11 is 0. The second-order valence-electron chi connectivity index (χ2n) is 9.22. The molecule has 7 nitrogen and oxygen atoms in total. The third kappa shape index (κ3) is 6.42. The van der Waals surface area contributed by atoms with Crippen molar-refractivity contribution in [2.75, 3.05) is 6.54 Å². The average molecular weight is 507 g/mol. The molecule has 0 radical (unpaired) electrons. The van der Waals surface area contributed by atoms with Crippen molar-refractivity contribution < 1.29 is 24.4 Å². The number of carbonyl (C=O) groups is 2. The minimum Gasteiger partial charge on any atom is -0.508 e. The van der Waals surface area contributed by atoms with Gasteiger partial charge in [-0.05, 0) is 41.7 Å². The summed E-state index contributed by atoms with van der Waals surface area (Å²) in [4.78, 5) is 25.3. The van der Waals surface area contributed by atoms with Crippen LogP contribution in [-0.4, -0.2) is 45.4 Å². The first-order chi connectivity index (χ1) is 17.3. The number of aromatic hydroxyl groups is 1. The maximum Gasteiger partial charge on any atom is 0.326 e. The molecule has 0 aromatic heterocycles. The Morgan fingerprint density at radius 3 is 1.97 bits per heavy atom. The lowest BCUT2D eigenvalue weighted by Crippen LogP contribution is -2.49. The Labute approximate surface area is 211 Å². The van der Waals surface area contributed by atoms with Gasteiger partial charge in [-0.3, -0.25) is 4.79 Å². The Hall–Kier alpha value is -3.41. The van der Waals surface area contributed by atoms with E-state index >= 15 is 0 Å². The van der Waals surface area contributed by atoms with Crippen LogP contribution in [0.5, 0.6) is 5.75 Å². The predicted molar refractivity (Wildman–Crippen MR) is 139 cm³/mol. The van der Waals surface area contributed by atoms with Gasteiger partial charge in [0.15, 0.2) is 7.29 Å². The maximum atomic E-state index is 14.6. The Balaban J connectivity index is 1.56. The van der Waals surface area contributed by atoms with Crippen LogP contribution in [0, 0.1) is 0 Å². The van der Waals surface area contributed by atoms with E-state index in [4.69, 9.17) is 0 Å². The summed E-state index contributed by atoms with van der Waals surface area (Å²) in [5.74, 6) is -1.47. The molecule has 3 N–H and O–H groups in total. The van der Waals surface area contributed by atoms with E-state index < -0.39 is 31.3 Å². The second kappa shape index (κ2) is 11.5. The molecular weight excluding hydrogens is 475 g/mol. The first kappa shape index (κ1) is 25.7. The molecule has 36 heavy (non-hydrogen) atoms. The van der Waals surface area contributed by atoms with Crippen LogP contribution in [0.2, 0.25) is 0 Å². The van der Waals surface area contributed by atoms with Crippen LogP contribution in [-0.2, 0) is 32.9 Å². The van der Waals surface area contributed by atoms with Crippen molar-refractivity contribution in [1.29, 1.82) is 0 Å². The highest BCUT2D eigenvalue weighted by Crippen LogP contribution is 2.58. The summed E-state index contributed by atoms with van der Waals surface area (Å²) in [6.07, 6.45) is 1.98. The molecule has 3 aromatic carbocycles. The van der Waals surface area contributed by atoms with Gasteiger partial charge >= 0.3 is 5.97 Å². The number of carboxylic acid groups (broad SMARTS) is 1. The smallest absolute Gasteiger partial charge is 0.326 e. The molecule has 0 saturated carbocycles. The van der Waals surface area contributed by atoms with Crippen LogP contribution in [0.25, 0.3) is 0 Å². The molecular formula is C28H31N2O5P. The zero-order chi connectivity index (χ0) is 25.5. The number of phenols is 1. The van der Waals surface area contributed by atoms with Gasteiger partial charge in [0.25, 0.3) is 0 Å². The number of amides is 1. The van der Waals surface area contributed by atoms with Crippen molar-refractivity contribution in [3.05, 3.63) is 102 Å². The SMILES string of the molecule is O=C(O)[C@H](Cc1ccc(O)cc1)NC(=O)[C@@H]1CCCN1P(=O)(Cc1ccccc1)Cc1ccccc1. The van der Waals surface area contributed by atoms with Crippen LogP contribution in [0.1, 0.15) is 29.5 Å². The van der Waals surface area contributed by atoms with Crippen molar-refractivity contribution in [1.82, 2.24) is 9.99 Å². The van der Waals surface area contributed by atoms with Gasteiger partial charge < -0.3 is 20.1 Å². The summed E-state index contributed by atoms with van der Waals surface area (Å²) in [6.45, 7) is 0.519. The van der Waals surface area contributed by atoms with Gasteiger partial charge in [0, 0.05) is 25.3 Å². The standard InChI is InChI=1S/C28H31N2O5P/c31-24-15-13-21(14-16-24)18-25(28(33)34)29-27(32)26-12-7-17-30(26)36(35,19-22-8-3-1-4-9-22)20-23-10-5-2-6-11-23/h1-6,8-11,13-16,25-26,31H,7,12,17-20H2,(H,29,32)(H,33,34)/t25-,26-/m0/s1. The number of rotatable bonds is 10. The van der Waals surface area contributed by atoms with E-state index in [0.29, 0.717) is 37.3 Å². The summed E-state index contributed by atoms with van der Waals surface area (Å²) in [6, 6.07) is 23.7. The van der Waals surface area contributed by atoms with E-state index in [1.54, 1.807) is 12.1 Å². The van der Waals surface area contributed by atoms with Crippen LogP contribution < -0.4 is 5.32 Å². The number of benzene rings is 3. The largest absolute Gasteiger partial charge is 0.508 e. The number of nitrogens with one attached hydrogen (secondary N) is 1. The van der Waals surface area contributed by atoms with E-state index in [-0.39, 0.29) is 12.2 Å². The number of carbonyl (C=O) groups excluding carboxylic acids is 1. The van der Waals surface area contributed by atoms with Crippen molar-refractivity contribution in [2.24, 2.45) is 0 Å². The second-order valence-corrected chi connectivity index (χ2v) is 12.1. The topological polar surface area (TPSA) is 107 Å². The lowest BCUT2D eigenvalue weighted by atomic mass is 10.1. The fourth-order valence-corrected chi connectivity index (χ4v) is 8.04. The molecule has 3 aromatic rings. The van der Waals surface area contributed by atoms with E-state index in [2.05, 4.69) is 5.32 Å². The summed E-state index contributed by atoms with van der Waals surface area (Å²) in [5.41, 5.74) is 2.57. The molecule has 1 aliphatic heterocycles. The van der Waals surface area contributed by atoms with E-state index in [1.165, 1.54) is 12.1 Å². The quantitative estimate of drug-likeness (QED) is 0.346. The zero-order valence-electron chi connectivity index (χ0n) is 20.0. The molecule has 1 amide bonds. The molecule has 1 saturated heterocycles. The van der Waals surface area contributed by atoms with E-state index in [1.807, 2.05) is 65.3 Å². The fraction of sp³-hybridized carbons (Fsp3) is 0.286. The molecule has 0 unspecified atom stereocenters. The number of aliphatic carboxylic acids is 1. The van der Waals surface area contributed by atoms with Crippen molar-refractivity contribution in [2.45, 2.75) is 43.7 Å². The van der Waals surface area contributed by atoms with Crippen LogP contribution >= 0.6 is 7.29 Å². The summed E-state index contributed by atoms with van der Waals surface area (Å²) in [5, 5.41) is 21.9. The number of carboxylic acids is 1. The molecule has 0 spiro atoms. The lowest BCUT2D eigenvalue weighted by Gasteiger charge is -2.33. The molecule has 1 heterocycles. The van der Waals surface area contributed by atoms with Gasteiger partial charge in [0.1, 0.15) is 11.8 Å². The number of nitrogens with zero attached hydrogens (tertiary/aromatic N) is 1. The monoisotopic (exact) mass is 506 g/mol. The van der Waals surface area contributed by atoms with Crippen LogP contribution in [0.3, 0.4) is 0 Å². The third-order valence-corrected chi connectivity index (χ3v) is 9.66. The molecule has 4 rings (SSSR count). The number of phenolic OH excluding ortho intramolecular Hbond substituents is 1. The number of hydrogen-bond donors (Lipinski definition) is 3. The van der Waals surface area contributed by atoms with Gasteiger partial charge in [-0.2, -0.15) is 0 Å². The fourth-order valence-electron chi connectivity index (χ4n) is 4.76.